The summed E-state index contributed by atoms with van der Waals surface area (Å²) in [6.07, 6.45) is 7.11. The minimum Gasteiger partial charge on any atom is -0.351 e. The second-order valence-corrected chi connectivity index (χ2v) is 3.09. The molecule has 0 aliphatic carbocycles. The largest absolute Gasteiger partial charge is 0.351 e. The van der Waals surface area contributed by atoms with Crippen LogP contribution in [-0.2, 0) is 0 Å². The summed E-state index contributed by atoms with van der Waals surface area (Å²) < 4.78 is 0. The van der Waals surface area contributed by atoms with Gasteiger partial charge in [0.25, 0.3) is 0 Å². The maximum absolute atomic E-state index is 4.05. The summed E-state index contributed by atoms with van der Waals surface area (Å²) in [5, 5.41) is 6.55. The van der Waals surface area contributed by atoms with Crippen molar-refractivity contribution in [1.29, 1.82) is 0 Å². The third kappa shape index (κ3) is 1.01. The van der Waals surface area contributed by atoms with E-state index in [1.54, 1.807) is 24.8 Å². The molecule has 0 atom stereocenters. The average Bonchev–Trinajstić information content (AvgIpc) is 2.26. The normalized spacial score (nSPS) is 12.0. The van der Waals surface area contributed by atoms with E-state index in [4.69, 9.17) is 0 Å². The van der Waals surface area contributed by atoms with Gasteiger partial charge < -0.3 is 10.6 Å². The van der Waals surface area contributed by atoms with Gasteiger partial charge >= 0.3 is 0 Å². The van der Waals surface area contributed by atoms with Gasteiger partial charge in [-0.15, -0.1) is 0 Å². The summed E-state index contributed by atoms with van der Waals surface area (Å²) in [7, 11) is 0. The number of anilines is 4. The Morgan fingerprint density at radius 3 is 1.71 bits per heavy atom. The molecule has 4 nitrogen and oxygen atoms in total. The van der Waals surface area contributed by atoms with Gasteiger partial charge in [-0.25, -0.2) is 0 Å². The van der Waals surface area contributed by atoms with Gasteiger partial charge in [0.1, 0.15) is 0 Å². The number of nitrogens with one attached hydrogen (secondary N) is 2. The number of hydrogen-bond donors (Lipinski definition) is 2. The lowest BCUT2D eigenvalue weighted by Gasteiger charge is -2.21. The Morgan fingerprint density at radius 2 is 1.21 bits per heavy atom. The molecule has 0 saturated carbocycles. The van der Waals surface area contributed by atoms with Gasteiger partial charge in [0.15, 0.2) is 0 Å². The summed E-state index contributed by atoms with van der Waals surface area (Å²) >= 11 is 0. The van der Waals surface area contributed by atoms with Crippen molar-refractivity contribution in [2.24, 2.45) is 0 Å². The monoisotopic (exact) mass is 184 g/mol. The molecule has 1 aliphatic heterocycles. The SMILES string of the molecule is c1cc2c(cn1)Nc1ccncc1N2. The van der Waals surface area contributed by atoms with E-state index in [1.807, 2.05) is 12.1 Å². The van der Waals surface area contributed by atoms with Crippen LogP contribution in [-0.4, -0.2) is 9.97 Å². The van der Waals surface area contributed by atoms with Gasteiger partial charge in [0, 0.05) is 12.4 Å². The third-order valence-electron chi connectivity index (χ3n) is 2.18. The summed E-state index contributed by atoms with van der Waals surface area (Å²) in [6.45, 7) is 0. The summed E-state index contributed by atoms with van der Waals surface area (Å²) in [5.74, 6) is 0. The summed E-state index contributed by atoms with van der Waals surface area (Å²) in [4.78, 5) is 8.11. The van der Waals surface area contributed by atoms with Crippen LogP contribution in [0.1, 0.15) is 0 Å². The highest BCUT2D eigenvalue weighted by atomic mass is 15.1. The topological polar surface area (TPSA) is 49.8 Å². The minimum atomic E-state index is 0.992. The van der Waals surface area contributed by atoms with Crippen LogP contribution in [0.5, 0.6) is 0 Å². The summed E-state index contributed by atoms with van der Waals surface area (Å²) in [6, 6.07) is 3.86. The lowest BCUT2D eigenvalue weighted by molar-refractivity contribution is 1.27. The maximum atomic E-state index is 4.05. The van der Waals surface area contributed by atoms with Crippen LogP contribution in [0.4, 0.5) is 22.7 Å². The first-order valence-electron chi connectivity index (χ1n) is 4.35. The van der Waals surface area contributed by atoms with Crippen LogP contribution < -0.4 is 10.6 Å². The molecule has 1 aliphatic rings. The Hall–Kier alpha value is -2.10. The lowest BCUT2D eigenvalue weighted by atomic mass is 10.2. The zero-order valence-corrected chi connectivity index (χ0v) is 7.36. The first-order valence-corrected chi connectivity index (χ1v) is 4.35. The predicted octanol–water partition coefficient (Wildman–Crippen LogP) is 2.28. The Morgan fingerprint density at radius 1 is 0.714 bits per heavy atom. The van der Waals surface area contributed by atoms with E-state index in [9.17, 15) is 0 Å². The van der Waals surface area contributed by atoms with Crippen molar-refractivity contribution in [3.63, 3.8) is 0 Å². The molecule has 14 heavy (non-hydrogen) atoms. The van der Waals surface area contributed by atoms with Gasteiger partial charge in [-0.1, -0.05) is 0 Å². The standard InChI is InChI=1S/C10H8N4/c1-3-11-5-9-7(1)13-10-6-12-4-2-8(10)14-9/h1-6,13-14H. The van der Waals surface area contributed by atoms with E-state index in [0.29, 0.717) is 0 Å². The van der Waals surface area contributed by atoms with Gasteiger partial charge in [0.2, 0.25) is 0 Å². The summed E-state index contributed by atoms with van der Waals surface area (Å²) in [5.41, 5.74) is 4.04. The molecule has 3 rings (SSSR count). The van der Waals surface area contributed by atoms with Crippen LogP contribution in [0, 0.1) is 0 Å². The van der Waals surface area contributed by atoms with Crippen LogP contribution in [0.2, 0.25) is 0 Å². The molecule has 0 aromatic carbocycles. The molecule has 0 radical (unpaired) electrons. The fourth-order valence-corrected chi connectivity index (χ4v) is 1.50. The zero-order chi connectivity index (χ0) is 9.38. The van der Waals surface area contributed by atoms with E-state index in [2.05, 4.69) is 20.6 Å². The number of pyridine rings is 2. The average molecular weight is 184 g/mol. The molecule has 0 unspecified atom stereocenters. The number of aromatic nitrogens is 2. The molecular formula is C10H8N4. The van der Waals surface area contributed by atoms with Crippen LogP contribution in [0.3, 0.4) is 0 Å². The van der Waals surface area contributed by atoms with Crippen molar-refractivity contribution < 1.29 is 0 Å². The van der Waals surface area contributed by atoms with Gasteiger partial charge in [-0.3, -0.25) is 9.97 Å². The highest BCUT2D eigenvalue weighted by molar-refractivity contribution is 5.88. The Kier molecular flexibility index (Phi) is 1.41. The van der Waals surface area contributed by atoms with Crippen LogP contribution >= 0.6 is 0 Å². The highest BCUT2D eigenvalue weighted by Crippen LogP contribution is 2.36. The van der Waals surface area contributed by atoms with Gasteiger partial charge in [0.05, 0.1) is 35.1 Å². The molecule has 0 fully saturated rings. The molecular weight excluding hydrogens is 176 g/mol. The maximum Gasteiger partial charge on any atom is 0.0810 e. The molecule has 0 saturated heterocycles. The Labute approximate surface area is 81.0 Å². The van der Waals surface area contributed by atoms with E-state index >= 15 is 0 Å². The smallest absolute Gasteiger partial charge is 0.0810 e. The van der Waals surface area contributed by atoms with Gasteiger partial charge in [-0.2, -0.15) is 0 Å². The highest BCUT2D eigenvalue weighted by Gasteiger charge is 2.12. The van der Waals surface area contributed by atoms with E-state index in [1.165, 1.54) is 0 Å². The molecule has 2 aromatic rings. The predicted molar refractivity (Wildman–Crippen MR) is 55.0 cm³/mol. The first-order chi connectivity index (χ1) is 6.93. The van der Waals surface area contributed by atoms with E-state index < -0.39 is 0 Å². The first kappa shape index (κ1) is 7.32. The lowest BCUT2D eigenvalue weighted by Crippen LogP contribution is -2.06. The van der Waals surface area contributed by atoms with E-state index in [-0.39, 0.29) is 0 Å². The fraction of sp³-hybridized carbons (Fsp3) is 0. The molecule has 0 bridgehead atoms. The van der Waals surface area contributed by atoms with Crippen molar-refractivity contribution in [3.05, 3.63) is 36.9 Å². The molecule has 2 N–H and O–H groups in total. The van der Waals surface area contributed by atoms with E-state index in [0.717, 1.165) is 22.7 Å². The van der Waals surface area contributed by atoms with Crippen molar-refractivity contribution in [2.75, 3.05) is 10.6 Å². The second kappa shape index (κ2) is 2.70. The molecule has 4 heteroatoms. The Balaban J connectivity index is 2.12. The molecule has 68 valence electrons. The van der Waals surface area contributed by atoms with Crippen molar-refractivity contribution in [3.8, 4) is 0 Å². The molecule has 2 aromatic heterocycles. The zero-order valence-electron chi connectivity index (χ0n) is 7.36. The fourth-order valence-electron chi connectivity index (χ4n) is 1.50. The van der Waals surface area contributed by atoms with Crippen LogP contribution in [0.15, 0.2) is 36.9 Å². The molecule has 3 heterocycles. The molecule has 0 amide bonds. The van der Waals surface area contributed by atoms with Crippen LogP contribution in [0.25, 0.3) is 0 Å². The van der Waals surface area contributed by atoms with Crippen molar-refractivity contribution in [2.45, 2.75) is 0 Å². The third-order valence-corrected chi connectivity index (χ3v) is 2.18. The number of nitrogens with zero attached hydrogens (tertiary/aromatic N) is 2. The minimum absolute atomic E-state index is 0.992. The van der Waals surface area contributed by atoms with Crippen molar-refractivity contribution in [1.82, 2.24) is 9.97 Å². The van der Waals surface area contributed by atoms with Gasteiger partial charge in [-0.05, 0) is 12.1 Å². The number of fused-ring (bicyclic) bond motifs is 2. The number of hydrogen-bond acceptors (Lipinski definition) is 4. The second-order valence-electron chi connectivity index (χ2n) is 3.09. The van der Waals surface area contributed by atoms with Crippen molar-refractivity contribution >= 4 is 22.7 Å². The Bertz CT molecular complexity index is 394. The number of rotatable bonds is 0. The quantitative estimate of drug-likeness (QED) is 0.562. The molecule has 0 spiro atoms.